The molecular weight excluding hydrogens is 336 g/mol. The van der Waals surface area contributed by atoms with Crippen LogP contribution in [-0.2, 0) is 11.3 Å². The van der Waals surface area contributed by atoms with Gasteiger partial charge in [0.2, 0.25) is 5.16 Å². The summed E-state index contributed by atoms with van der Waals surface area (Å²) in [7, 11) is 0. The van der Waals surface area contributed by atoms with Crippen LogP contribution >= 0.6 is 11.8 Å². The van der Waals surface area contributed by atoms with E-state index in [-0.39, 0.29) is 11.9 Å². The minimum absolute atomic E-state index is 0.118. The lowest BCUT2D eigenvalue weighted by Crippen LogP contribution is -2.17. The zero-order valence-electron chi connectivity index (χ0n) is 15.3. The molecule has 0 spiro atoms. The van der Waals surface area contributed by atoms with Crippen LogP contribution in [0.4, 0.5) is 0 Å². The van der Waals surface area contributed by atoms with Crippen LogP contribution in [0.25, 0.3) is 0 Å². The lowest BCUT2D eigenvalue weighted by atomic mass is 10.2. The molecule has 1 fully saturated rings. The Morgan fingerprint density at radius 1 is 1.48 bits per heavy atom. The van der Waals surface area contributed by atoms with E-state index in [1.54, 1.807) is 0 Å². The maximum atomic E-state index is 12.7. The van der Waals surface area contributed by atoms with E-state index in [9.17, 15) is 4.79 Å². The Morgan fingerprint density at radius 3 is 2.92 bits per heavy atom. The Kier molecular flexibility index (Phi) is 5.64. The quantitative estimate of drug-likeness (QED) is 0.603. The van der Waals surface area contributed by atoms with Gasteiger partial charge in [-0.2, -0.15) is 0 Å². The van der Waals surface area contributed by atoms with Crippen LogP contribution < -0.4 is 0 Å². The zero-order valence-corrected chi connectivity index (χ0v) is 16.2. The van der Waals surface area contributed by atoms with Crippen LogP contribution in [0.2, 0.25) is 0 Å². The van der Waals surface area contributed by atoms with E-state index in [0.717, 1.165) is 48.8 Å². The molecule has 136 valence electrons. The number of H-pyrrole nitrogens is 1. The van der Waals surface area contributed by atoms with Crippen molar-refractivity contribution >= 4 is 17.5 Å². The molecule has 1 aliphatic heterocycles. The number of hydrogen-bond donors (Lipinski definition) is 1. The lowest BCUT2D eigenvalue weighted by molar-refractivity contribution is 0.0957. The molecule has 6 nitrogen and oxygen atoms in total. The smallest absolute Gasteiger partial charge is 0.208 e. The molecule has 25 heavy (non-hydrogen) atoms. The fraction of sp³-hybridized carbons (Fsp3) is 0.611. The SMILES string of the molecule is Cc1cc(C(=O)CSc2n[nH]c(C(C)C)n2)c(C)n1CC1CCCO1. The van der Waals surface area contributed by atoms with Crippen molar-refractivity contribution < 1.29 is 9.53 Å². The summed E-state index contributed by atoms with van der Waals surface area (Å²) in [5, 5.41) is 7.72. The fourth-order valence-electron chi connectivity index (χ4n) is 3.15. The third kappa shape index (κ3) is 4.15. The first-order valence-electron chi connectivity index (χ1n) is 8.82. The summed E-state index contributed by atoms with van der Waals surface area (Å²) in [6.07, 6.45) is 2.49. The Labute approximate surface area is 152 Å². The predicted molar refractivity (Wildman–Crippen MR) is 98.4 cm³/mol. The molecule has 3 heterocycles. The molecular formula is C18H26N4O2S. The number of nitrogens with zero attached hydrogens (tertiary/aromatic N) is 3. The number of Topliss-reactive ketones (excluding diaryl/α,β-unsaturated/α-hetero) is 1. The molecule has 1 atom stereocenters. The molecule has 0 amide bonds. The van der Waals surface area contributed by atoms with E-state index in [0.29, 0.717) is 16.8 Å². The molecule has 1 aliphatic rings. The number of carbonyl (C=O) groups excluding carboxylic acids is 1. The third-order valence-electron chi connectivity index (χ3n) is 4.65. The van der Waals surface area contributed by atoms with Gasteiger partial charge in [0.25, 0.3) is 0 Å². The second-order valence-corrected chi connectivity index (χ2v) is 7.84. The first-order valence-corrected chi connectivity index (χ1v) is 9.81. The second kappa shape index (κ2) is 7.74. The van der Waals surface area contributed by atoms with Gasteiger partial charge in [-0.1, -0.05) is 25.6 Å². The maximum absolute atomic E-state index is 12.7. The molecule has 2 aromatic rings. The van der Waals surface area contributed by atoms with Gasteiger partial charge < -0.3 is 9.30 Å². The van der Waals surface area contributed by atoms with Crippen molar-refractivity contribution in [3.05, 3.63) is 28.8 Å². The van der Waals surface area contributed by atoms with Crippen LogP contribution in [0.1, 0.15) is 60.2 Å². The Balaban J connectivity index is 1.65. The van der Waals surface area contributed by atoms with Crippen molar-refractivity contribution in [1.29, 1.82) is 0 Å². The van der Waals surface area contributed by atoms with Gasteiger partial charge >= 0.3 is 0 Å². The highest BCUT2D eigenvalue weighted by molar-refractivity contribution is 7.99. The standard InChI is InChI=1S/C18H26N4O2S/c1-11(2)17-19-18(21-20-17)25-10-16(23)15-8-12(3)22(13(15)4)9-14-6-5-7-24-14/h8,11,14H,5-7,9-10H2,1-4H3,(H,19,20,21). The maximum Gasteiger partial charge on any atom is 0.208 e. The average Bonchev–Trinajstić information content (AvgIpc) is 3.30. The van der Waals surface area contributed by atoms with Crippen LogP contribution in [0, 0.1) is 13.8 Å². The van der Waals surface area contributed by atoms with Gasteiger partial charge in [-0.15, -0.1) is 5.10 Å². The highest BCUT2D eigenvalue weighted by Crippen LogP contribution is 2.23. The summed E-state index contributed by atoms with van der Waals surface area (Å²) >= 11 is 1.38. The first-order chi connectivity index (χ1) is 12.0. The van der Waals surface area contributed by atoms with Gasteiger partial charge in [0.05, 0.1) is 11.9 Å². The van der Waals surface area contributed by atoms with Crippen molar-refractivity contribution in [2.24, 2.45) is 0 Å². The number of aromatic amines is 1. The van der Waals surface area contributed by atoms with Crippen molar-refractivity contribution in [2.75, 3.05) is 12.4 Å². The predicted octanol–water partition coefficient (Wildman–Crippen LogP) is 3.50. The normalized spacial score (nSPS) is 17.6. The highest BCUT2D eigenvalue weighted by atomic mass is 32.2. The molecule has 2 aromatic heterocycles. The highest BCUT2D eigenvalue weighted by Gasteiger charge is 2.21. The summed E-state index contributed by atoms with van der Waals surface area (Å²) in [6.45, 7) is 9.86. The van der Waals surface area contributed by atoms with Crippen molar-refractivity contribution in [2.45, 2.75) is 64.3 Å². The van der Waals surface area contributed by atoms with E-state index >= 15 is 0 Å². The number of ketones is 1. The van der Waals surface area contributed by atoms with Crippen LogP contribution in [0.3, 0.4) is 0 Å². The molecule has 3 rings (SSSR count). The summed E-state index contributed by atoms with van der Waals surface area (Å²) in [5.41, 5.74) is 2.93. The number of rotatable bonds is 7. The van der Waals surface area contributed by atoms with E-state index in [1.807, 2.05) is 13.0 Å². The largest absolute Gasteiger partial charge is 0.376 e. The van der Waals surface area contributed by atoms with Crippen molar-refractivity contribution in [3.63, 3.8) is 0 Å². The van der Waals surface area contributed by atoms with Crippen LogP contribution in [0.15, 0.2) is 11.2 Å². The summed E-state index contributed by atoms with van der Waals surface area (Å²) in [4.78, 5) is 17.1. The summed E-state index contributed by atoms with van der Waals surface area (Å²) in [5.74, 6) is 1.62. The number of thioether (sulfide) groups is 1. The number of aryl methyl sites for hydroxylation is 1. The molecule has 0 bridgehead atoms. The minimum Gasteiger partial charge on any atom is -0.376 e. The Bertz CT molecular complexity index is 744. The molecule has 0 radical (unpaired) electrons. The number of ether oxygens (including phenoxy) is 1. The van der Waals surface area contributed by atoms with Gasteiger partial charge in [-0.3, -0.25) is 9.89 Å². The lowest BCUT2D eigenvalue weighted by Gasteiger charge is -2.14. The number of hydrogen-bond acceptors (Lipinski definition) is 5. The Hall–Kier alpha value is -1.60. The number of carbonyl (C=O) groups is 1. The van der Waals surface area contributed by atoms with E-state index in [4.69, 9.17) is 4.74 Å². The third-order valence-corrected chi connectivity index (χ3v) is 5.49. The van der Waals surface area contributed by atoms with Gasteiger partial charge in [-0.05, 0) is 32.8 Å². The van der Waals surface area contributed by atoms with Gasteiger partial charge in [0.1, 0.15) is 5.82 Å². The van der Waals surface area contributed by atoms with Gasteiger partial charge in [0, 0.05) is 36.0 Å². The molecule has 7 heteroatoms. The van der Waals surface area contributed by atoms with Gasteiger partial charge in [0.15, 0.2) is 5.78 Å². The summed E-state index contributed by atoms with van der Waals surface area (Å²) < 4.78 is 7.94. The van der Waals surface area contributed by atoms with E-state index < -0.39 is 0 Å². The molecule has 0 aromatic carbocycles. The number of aromatic nitrogens is 4. The first kappa shape index (κ1) is 18.2. The average molecular weight is 362 g/mol. The fourth-order valence-corrected chi connectivity index (χ4v) is 3.83. The van der Waals surface area contributed by atoms with Crippen molar-refractivity contribution in [3.8, 4) is 0 Å². The number of nitrogens with one attached hydrogen (secondary N) is 1. The minimum atomic E-state index is 0.118. The second-order valence-electron chi connectivity index (χ2n) is 6.90. The van der Waals surface area contributed by atoms with E-state index in [2.05, 4.69) is 40.5 Å². The molecule has 0 saturated carbocycles. The summed E-state index contributed by atoms with van der Waals surface area (Å²) in [6, 6.07) is 1.99. The van der Waals surface area contributed by atoms with Crippen LogP contribution in [-0.4, -0.2) is 44.0 Å². The van der Waals surface area contributed by atoms with Crippen molar-refractivity contribution in [1.82, 2.24) is 19.7 Å². The molecule has 1 unspecified atom stereocenters. The van der Waals surface area contributed by atoms with Gasteiger partial charge in [-0.25, -0.2) is 4.98 Å². The topological polar surface area (TPSA) is 72.8 Å². The Morgan fingerprint density at radius 2 is 2.28 bits per heavy atom. The zero-order chi connectivity index (χ0) is 18.0. The van der Waals surface area contributed by atoms with Crippen LogP contribution in [0.5, 0.6) is 0 Å². The monoisotopic (exact) mass is 362 g/mol. The molecule has 1 N–H and O–H groups in total. The molecule has 0 aliphatic carbocycles. The van der Waals surface area contributed by atoms with E-state index in [1.165, 1.54) is 11.8 Å². The molecule has 1 saturated heterocycles.